The fourth-order valence-corrected chi connectivity index (χ4v) is 17.1. The highest BCUT2D eigenvalue weighted by Gasteiger charge is 2.25. The Morgan fingerprint density at radius 3 is 1.36 bits per heavy atom. The topological polar surface area (TPSA) is 54.9 Å². The molecule has 0 aliphatic heterocycles. The molecule has 6 aromatic heterocycles. The van der Waals surface area contributed by atoms with E-state index in [0.29, 0.717) is 44.8 Å². The Hall–Kier alpha value is -3.18. The van der Waals surface area contributed by atoms with Crippen molar-refractivity contribution < 1.29 is 8.78 Å². The molecule has 462 valence electrons. The van der Waals surface area contributed by atoms with E-state index in [0.717, 1.165) is 75.5 Å². The van der Waals surface area contributed by atoms with Crippen molar-refractivity contribution in [1.82, 2.24) is 9.55 Å². The molecule has 0 fully saturated rings. The molecule has 0 saturated carbocycles. The maximum absolute atomic E-state index is 16.1. The second-order valence-electron chi connectivity index (χ2n) is 24.9. The molecule has 0 aliphatic rings. The minimum atomic E-state index is -0.407. The fourth-order valence-electron chi connectivity index (χ4n) is 12.7. The van der Waals surface area contributed by atoms with Gasteiger partial charge in [-0.2, -0.15) is 0 Å². The van der Waals surface area contributed by atoms with Crippen LogP contribution in [0.2, 0.25) is 0 Å². The van der Waals surface area contributed by atoms with Crippen molar-refractivity contribution in [1.29, 1.82) is 0 Å². The van der Waals surface area contributed by atoms with Crippen LogP contribution in [0.25, 0.3) is 51.4 Å². The standard InChI is InChI=1S/C73H110F2N2O2S4/c1-7-12-17-22-27-29-33-38-42-56(41-36-31-24-19-14-9-3)48-58-50-66(81-55(58)6)60-53-65-64(76-72(60)78)52-61(73(79)77(65)46-40-35-26-21-16-11-5)67-51-59(69(82-67)68-54-63(75)71(83-68)70-62(74)45-47-80-70)49-57(43-37-32-25-20-15-10-4)44-39-34-30-28-23-18-13-8-2/h45,47,50-54,56-57H,7-44,46,48-49H2,1-6H3,(H,76,78). The summed E-state index contributed by atoms with van der Waals surface area (Å²) < 4.78 is 33.2. The Morgan fingerprint density at radius 1 is 0.446 bits per heavy atom. The van der Waals surface area contributed by atoms with Crippen molar-refractivity contribution in [3.8, 4) is 40.4 Å². The van der Waals surface area contributed by atoms with Gasteiger partial charge in [-0.1, -0.05) is 272 Å². The summed E-state index contributed by atoms with van der Waals surface area (Å²) in [5.41, 5.74) is 4.99. The summed E-state index contributed by atoms with van der Waals surface area (Å²) in [4.78, 5) is 38.9. The zero-order chi connectivity index (χ0) is 59.0. The Kier molecular flexibility index (Phi) is 32.9. The average molecular weight is 1210 g/mol. The number of pyridine rings is 2. The van der Waals surface area contributed by atoms with E-state index in [1.807, 2.05) is 16.7 Å². The molecule has 83 heavy (non-hydrogen) atoms. The monoisotopic (exact) mass is 1210 g/mol. The van der Waals surface area contributed by atoms with E-state index in [-0.39, 0.29) is 11.1 Å². The van der Waals surface area contributed by atoms with E-state index in [4.69, 9.17) is 0 Å². The van der Waals surface area contributed by atoms with E-state index in [2.05, 4.69) is 58.7 Å². The molecule has 0 amide bonds. The molecule has 6 aromatic rings. The lowest BCUT2D eigenvalue weighted by Crippen LogP contribution is -2.24. The van der Waals surface area contributed by atoms with E-state index < -0.39 is 11.6 Å². The van der Waals surface area contributed by atoms with Crippen LogP contribution in [0.3, 0.4) is 0 Å². The van der Waals surface area contributed by atoms with Crippen molar-refractivity contribution >= 4 is 56.4 Å². The van der Waals surface area contributed by atoms with Gasteiger partial charge in [-0.3, -0.25) is 9.59 Å². The number of fused-ring (bicyclic) bond motifs is 1. The van der Waals surface area contributed by atoms with Crippen LogP contribution in [-0.2, 0) is 19.4 Å². The molecule has 1 N–H and O–H groups in total. The van der Waals surface area contributed by atoms with Crippen LogP contribution in [0.4, 0.5) is 8.78 Å². The van der Waals surface area contributed by atoms with Crippen molar-refractivity contribution in [2.24, 2.45) is 11.8 Å². The molecule has 2 atom stereocenters. The van der Waals surface area contributed by atoms with Gasteiger partial charge in [0.05, 0.1) is 31.9 Å². The summed E-state index contributed by atoms with van der Waals surface area (Å²) in [6.07, 6.45) is 49.7. The minimum Gasteiger partial charge on any atom is -0.320 e. The SMILES string of the molecule is CCCCCCCCCCC(CCCCCCCC)Cc1cc(-c2cc3c(cc(-c4cc(CC(CCCCCCCC)CCCCCCCCCC)c(-c5cc(F)c(-c6sccc6F)s5)s4)c(=O)n3CCCCCCCC)[nH]c2=O)sc1C. The Labute approximate surface area is 518 Å². The van der Waals surface area contributed by atoms with Gasteiger partial charge < -0.3 is 9.55 Å². The summed E-state index contributed by atoms with van der Waals surface area (Å²) in [5.74, 6) is 0.293. The molecule has 0 radical (unpaired) electrons. The Morgan fingerprint density at radius 2 is 0.880 bits per heavy atom. The molecular weight excluding hydrogens is 1100 g/mol. The number of H-pyrrole nitrogens is 1. The lowest BCUT2D eigenvalue weighted by atomic mass is 9.88. The third-order valence-corrected chi connectivity index (χ3v) is 22.5. The van der Waals surface area contributed by atoms with E-state index in [9.17, 15) is 4.79 Å². The van der Waals surface area contributed by atoms with Gasteiger partial charge in [0.1, 0.15) is 11.6 Å². The van der Waals surface area contributed by atoms with Gasteiger partial charge in [-0.15, -0.1) is 45.3 Å². The first kappa shape index (κ1) is 68.9. The zero-order valence-electron chi connectivity index (χ0n) is 52.8. The molecule has 4 nitrogen and oxygen atoms in total. The highest BCUT2D eigenvalue weighted by atomic mass is 32.1. The molecule has 2 unspecified atom stereocenters. The largest absolute Gasteiger partial charge is 0.320 e. The Balaban J connectivity index is 1.35. The summed E-state index contributed by atoms with van der Waals surface area (Å²) >= 11 is 5.84. The highest BCUT2D eigenvalue weighted by Crippen LogP contribution is 2.47. The fraction of sp³-hybridized carbons (Fsp3) is 0.671. The van der Waals surface area contributed by atoms with E-state index in [1.165, 1.54) is 251 Å². The van der Waals surface area contributed by atoms with Crippen molar-refractivity contribution in [3.05, 3.63) is 90.1 Å². The lowest BCUT2D eigenvalue weighted by Gasteiger charge is -2.17. The molecule has 0 aromatic carbocycles. The van der Waals surface area contributed by atoms with Crippen LogP contribution in [0.15, 0.2) is 51.4 Å². The number of unbranched alkanes of at least 4 members (excludes halogenated alkanes) is 29. The number of aromatic amines is 1. The molecule has 0 aliphatic carbocycles. The second-order valence-corrected chi connectivity index (χ2v) is 29.2. The number of halogens is 2. The summed E-state index contributed by atoms with van der Waals surface area (Å²) in [7, 11) is 0. The van der Waals surface area contributed by atoms with E-state index in [1.54, 1.807) is 34.1 Å². The first-order valence-electron chi connectivity index (χ1n) is 34.2. The number of nitrogens with zero attached hydrogens (tertiary/aromatic N) is 1. The van der Waals surface area contributed by atoms with Gasteiger partial charge in [0.25, 0.3) is 11.1 Å². The third kappa shape index (κ3) is 22.8. The van der Waals surface area contributed by atoms with Crippen LogP contribution >= 0.6 is 45.3 Å². The highest BCUT2D eigenvalue weighted by molar-refractivity contribution is 7.27. The van der Waals surface area contributed by atoms with Crippen LogP contribution in [-0.4, -0.2) is 9.55 Å². The van der Waals surface area contributed by atoms with Crippen LogP contribution in [0.1, 0.15) is 295 Å². The van der Waals surface area contributed by atoms with Gasteiger partial charge in [0.15, 0.2) is 0 Å². The number of thiophene rings is 4. The van der Waals surface area contributed by atoms with Crippen LogP contribution in [0.5, 0.6) is 0 Å². The predicted octanol–water partition coefficient (Wildman–Crippen LogP) is 25.4. The third-order valence-electron chi connectivity index (χ3n) is 17.8. The van der Waals surface area contributed by atoms with Crippen LogP contribution in [0, 0.1) is 30.4 Å². The molecule has 0 spiro atoms. The molecule has 0 bridgehead atoms. The number of hydrogen-bond acceptors (Lipinski definition) is 6. The first-order chi connectivity index (χ1) is 40.6. The van der Waals surface area contributed by atoms with E-state index >= 15 is 13.6 Å². The number of aromatic nitrogens is 2. The maximum Gasteiger partial charge on any atom is 0.259 e. The van der Waals surface area contributed by atoms with Gasteiger partial charge in [0.2, 0.25) is 0 Å². The molecule has 0 saturated heterocycles. The lowest BCUT2D eigenvalue weighted by molar-refractivity contribution is 0.400. The van der Waals surface area contributed by atoms with Crippen molar-refractivity contribution in [2.75, 3.05) is 0 Å². The Bertz CT molecular complexity index is 2840. The molecule has 6 rings (SSSR count). The summed E-state index contributed by atoms with van der Waals surface area (Å²) in [6.45, 7) is 14.2. The summed E-state index contributed by atoms with van der Waals surface area (Å²) in [5, 5.41) is 1.69. The number of rotatable bonds is 47. The quantitative estimate of drug-likeness (QED) is 0.0387. The second kappa shape index (κ2) is 39.6. The summed E-state index contributed by atoms with van der Waals surface area (Å²) in [6, 6.07) is 11.5. The van der Waals surface area contributed by atoms with Gasteiger partial charge in [-0.05, 0) is 90.9 Å². The van der Waals surface area contributed by atoms with Crippen molar-refractivity contribution in [2.45, 2.75) is 305 Å². The molecular formula is C73H110F2N2O2S4. The molecule has 10 heteroatoms. The van der Waals surface area contributed by atoms with Gasteiger partial charge >= 0.3 is 0 Å². The van der Waals surface area contributed by atoms with Crippen molar-refractivity contribution in [3.63, 3.8) is 0 Å². The average Bonchev–Trinajstić information content (AvgIpc) is 3.52. The molecule has 6 heterocycles. The normalized spacial score (nSPS) is 12.6. The first-order valence-corrected chi connectivity index (χ1v) is 37.5. The number of hydrogen-bond donors (Lipinski definition) is 1. The number of aryl methyl sites for hydroxylation is 2. The van der Waals surface area contributed by atoms with Crippen LogP contribution < -0.4 is 11.1 Å². The predicted molar refractivity (Wildman–Crippen MR) is 365 cm³/mol. The number of nitrogens with one attached hydrogen (secondary N) is 1. The smallest absolute Gasteiger partial charge is 0.259 e. The maximum atomic E-state index is 16.1. The minimum absolute atomic E-state index is 0.0498. The van der Waals surface area contributed by atoms with Gasteiger partial charge in [-0.25, -0.2) is 8.78 Å². The van der Waals surface area contributed by atoms with Gasteiger partial charge in [0, 0.05) is 30.9 Å². The zero-order valence-corrected chi connectivity index (χ0v) is 56.1.